The third-order valence-electron chi connectivity index (χ3n) is 3.89. The summed E-state index contributed by atoms with van der Waals surface area (Å²) in [6.45, 7) is 1.56. The van der Waals surface area contributed by atoms with E-state index >= 15 is 0 Å². The number of aliphatic carboxylic acids is 1. The first-order valence-corrected chi connectivity index (χ1v) is 9.15. The third-order valence-corrected chi connectivity index (χ3v) is 5.14. The molecule has 8 nitrogen and oxygen atoms in total. The largest absolute Gasteiger partial charge is 0.480 e. The van der Waals surface area contributed by atoms with Crippen molar-refractivity contribution in [2.24, 2.45) is 0 Å². The summed E-state index contributed by atoms with van der Waals surface area (Å²) < 4.78 is 11.5. The molecule has 3 rings (SSSR count). The number of thiophene rings is 1. The van der Waals surface area contributed by atoms with Gasteiger partial charge in [-0.05, 0) is 19.2 Å². The normalized spacial score (nSPS) is 17.7. The van der Waals surface area contributed by atoms with Crippen LogP contribution in [-0.4, -0.2) is 77.9 Å². The van der Waals surface area contributed by atoms with Crippen molar-refractivity contribution in [1.82, 2.24) is 15.0 Å². The minimum atomic E-state index is -0.903. The molecule has 0 bridgehead atoms. The number of likely N-dealkylation sites (N-methyl/N-ethyl adjacent to an activating group) is 1. The van der Waals surface area contributed by atoms with Gasteiger partial charge in [-0.2, -0.15) is 0 Å². The van der Waals surface area contributed by atoms with Crippen LogP contribution in [0.5, 0.6) is 0 Å². The molecule has 1 atom stereocenters. The summed E-state index contributed by atoms with van der Waals surface area (Å²) in [7, 11) is 1.70. The number of rotatable bonds is 6. The van der Waals surface area contributed by atoms with E-state index in [1.54, 1.807) is 29.0 Å². The first kappa shape index (κ1) is 18.8. The van der Waals surface area contributed by atoms with Crippen molar-refractivity contribution in [3.8, 4) is 10.6 Å². The summed E-state index contributed by atoms with van der Waals surface area (Å²) in [6.07, 6.45) is -0.250. The van der Waals surface area contributed by atoms with E-state index in [2.05, 4.69) is 5.16 Å². The lowest BCUT2D eigenvalue weighted by Gasteiger charge is -2.34. The minimum Gasteiger partial charge on any atom is -0.480 e. The van der Waals surface area contributed by atoms with Gasteiger partial charge in [0.05, 0.1) is 28.5 Å². The van der Waals surface area contributed by atoms with Crippen molar-refractivity contribution >= 4 is 34.8 Å². The fourth-order valence-electron chi connectivity index (χ4n) is 2.76. The highest BCUT2D eigenvalue weighted by atomic mass is 35.5. The molecule has 3 heterocycles. The maximum atomic E-state index is 12.7. The summed E-state index contributed by atoms with van der Waals surface area (Å²) in [4.78, 5) is 27.5. The van der Waals surface area contributed by atoms with E-state index in [9.17, 15) is 9.59 Å². The lowest BCUT2D eigenvalue weighted by Crippen LogP contribution is -2.49. The zero-order chi connectivity index (χ0) is 18.7. The molecule has 10 heteroatoms. The second kappa shape index (κ2) is 8.17. The fraction of sp³-hybridized carbons (Fsp3) is 0.438. The fourth-order valence-corrected chi connectivity index (χ4v) is 3.75. The summed E-state index contributed by atoms with van der Waals surface area (Å²) in [5.41, 5.74) is 0.226. The van der Waals surface area contributed by atoms with Crippen molar-refractivity contribution in [2.75, 3.05) is 39.8 Å². The lowest BCUT2D eigenvalue weighted by atomic mass is 10.2. The molecule has 1 amide bonds. The Morgan fingerprint density at radius 1 is 1.50 bits per heavy atom. The lowest BCUT2D eigenvalue weighted by molar-refractivity contribution is -0.138. The van der Waals surface area contributed by atoms with Gasteiger partial charge < -0.3 is 19.3 Å². The van der Waals surface area contributed by atoms with Crippen molar-refractivity contribution in [3.63, 3.8) is 0 Å². The summed E-state index contributed by atoms with van der Waals surface area (Å²) in [5.74, 6) is -0.645. The third kappa shape index (κ3) is 4.61. The second-order valence-corrected chi connectivity index (χ2v) is 7.73. The predicted molar refractivity (Wildman–Crippen MR) is 95.6 cm³/mol. The maximum absolute atomic E-state index is 12.7. The molecule has 1 aliphatic rings. The highest BCUT2D eigenvalue weighted by Crippen LogP contribution is 2.31. The maximum Gasteiger partial charge on any atom is 0.317 e. The molecule has 1 N–H and O–H groups in total. The van der Waals surface area contributed by atoms with Crippen LogP contribution in [0.15, 0.2) is 22.7 Å². The van der Waals surface area contributed by atoms with Crippen LogP contribution in [0.4, 0.5) is 0 Å². The summed E-state index contributed by atoms with van der Waals surface area (Å²) >= 11 is 7.26. The molecule has 1 fully saturated rings. The molecule has 1 saturated heterocycles. The molecule has 26 heavy (non-hydrogen) atoms. The number of ether oxygens (including phenoxy) is 1. The van der Waals surface area contributed by atoms with Gasteiger partial charge in [-0.15, -0.1) is 11.3 Å². The van der Waals surface area contributed by atoms with Crippen LogP contribution in [0.25, 0.3) is 10.6 Å². The Labute approximate surface area is 158 Å². The van der Waals surface area contributed by atoms with Crippen molar-refractivity contribution in [3.05, 3.63) is 28.2 Å². The Kier molecular flexibility index (Phi) is 5.92. The number of hydrogen-bond acceptors (Lipinski definition) is 7. The van der Waals surface area contributed by atoms with E-state index in [4.69, 9.17) is 26.0 Å². The first-order valence-electron chi connectivity index (χ1n) is 7.96. The number of carbonyl (C=O) groups excluding carboxylic acids is 1. The van der Waals surface area contributed by atoms with Crippen LogP contribution < -0.4 is 0 Å². The Morgan fingerprint density at radius 2 is 2.31 bits per heavy atom. The zero-order valence-corrected chi connectivity index (χ0v) is 15.6. The van der Waals surface area contributed by atoms with E-state index in [1.807, 2.05) is 6.07 Å². The quantitative estimate of drug-likeness (QED) is 0.792. The highest BCUT2D eigenvalue weighted by Gasteiger charge is 2.28. The number of nitrogens with zero attached hydrogens (tertiary/aromatic N) is 3. The number of halogens is 1. The molecular formula is C16H18ClN3O5S. The predicted octanol–water partition coefficient (Wildman–Crippen LogP) is 1.91. The van der Waals surface area contributed by atoms with Crippen LogP contribution >= 0.6 is 22.9 Å². The number of carbonyl (C=O) groups is 2. The molecule has 0 spiro atoms. The van der Waals surface area contributed by atoms with E-state index < -0.39 is 5.97 Å². The minimum absolute atomic E-state index is 0.0795. The molecule has 1 aliphatic heterocycles. The number of carboxylic acid groups (broad SMARTS) is 1. The summed E-state index contributed by atoms with van der Waals surface area (Å²) in [6, 6.07) is 5.17. The summed E-state index contributed by atoms with van der Waals surface area (Å²) in [5, 5.41) is 12.7. The smallest absolute Gasteiger partial charge is 0.317 e. The average molecular weight is 400 g/mol. The molecule has 0 saturated carbocycles. The Hall–Kier alpha value is -1.94. The van der Waals surface area contributed by atoms with Gasteiger partial charge >= 0.3 is 5.97 Å². The Morgan fingerprint density at radius 3 is 3.00 bits per heavy atom. The van der Waals surface area contributed by atoms with E-state index in [-0.39, 0.29) is 24.2 Å². The van der Waals surface area contributed by atoms with Gasteiger partial charge in [0.1, 0.15) is 0 Å². The molecule has 1 unspecified atom stereocenters. The first-order chi connectivity index (χ1) is 12.4. The van der Waals surface area contributed by atoms with Gasteiger partial charge in [0.25, 0.3) is 5.91 Å². The standard InChI is InChI=1S/C16H18ClN3O5S/c1-19(9-15(21)22)7-10-8-20(4-5-24-10)16(23)11-6-12(25-18-11)13-2-3-14(17)26-13/h2-3,6,10H,4-5,7-9H2,1H3,(H,21,22). The van der Waals surface area contributed by atoms with E-state index in [0.29, 0.717) is 36.3 Å². The van der Waals surface area contributed by atoms with Crippen LogP contribution in [0.2, 0.25) is 4.34 Å². The number of morpholine rings is 1. The topological polar surface area (TPSA) is 96.1 Å². The Balaban J connectivity index is 1.62. The highest BCUT2D eigenvalue weighted by molar-refractivity contribution is 7.19. The van der Waals surface area contributed by atoms with Crippen LogP contribution in [-0.2, 0) is 9.53 Å². The van der Waals surface area contributed by atoms with E-state index in [1.165, 1.54) is 11.3 Å². The van der Waals surface area contributed by atoms with Gasteiger partial charge in [-0.25, -0.2) is 0 Å². The Bertz CT molecular complexity index is 792. The zero-order valence-electron chi connectivity index (χ0n) is 14.1. The average Bonchev–Trinajstić information content (AvgIpc) is 3.22. The van der Waals surface area contributed by atoms with Crippen molar-refractivity contribution in [1.29, 1.82) is 0 Å². The van der Waals surface area contributed by atoms with Crippen molar-refractivity contribution in [2.45, 2.75) is 6.10 Å². The molecule has 0 aromatic carbocycles. The SMILES string of the molecule is CN(CC(=O)O)CC1CN(C(=O)c2cc(-c3ccc(Cl)s3)on2)CCO1. The second-order valence-electron chi connectivity index (χ2n) is 6.01. The van der Waals surface area contributed by atoms with Crippen LogP contribution in [0.3, 0.4) is 0 Å². The van der Waals surface area contributed by atoms with Gasteiger partial charge in [-0.3, -0.25) is 14.5 Å². The van der Waals surface area contributed by atoms with E-state index in [0.717, 1.165) is 4.88 Å². The molecule has 140 valence electrons. The number of hydrogen-bond donors (Lipinski definition) is 1. The number of aromatic nitrogens is 1. The molecule has 0 radical (unpaired) electrons. The van der Waals surface area contributed by atoms with Gasteiger partial charge in [0.15, 0.2) is 11.5 Å². The van der Waals surface area contributed by atoms with Gasteiger partial charge in [0.2, 0.25) is 0 Å². The number of carboxylic acids is 1. The van der Waals surface area contributed by atoms with Crippen LogP contribution in [0.1, 0.15) is 10.5 Å². The van der Waals surface area contributed by atoms with Crippen LogP contribution in [0, 0.1) is 0 Å². The number of amides is 1. The molecular weight excluding hydrogens is 382 g/mol. The van der Waals surface area contributed by atoms with Crippen molar-refractivity contribution < 1.29 is 24.0 Å². The monoisotopic (exact) mass is 399 g/mol. The molecule has 2 aromatic heterocycles. The van der Waals surface area contributed by atoms with Gasteiger partial charge in [0, 0.05) is 25.7 Å². The molecule has 0 aliphatic carbocycles. The van der Waals surface area contributed by atoms with Gasteiger partial charge in [-0.1, -0.05) is 16.8 Å². The molecule has 2 aromatic rings.